The lowest BCUT2D eigenvalue weighted by Crippen LogP contribution is -2.31. The Morgan fingerprint density at radius 2 is 2.28 bits per heavy atom. The lowest BCUT2D eigenvalue weighted by molar-refractivity contribution is 0.402. The minimum Gasteiger partial charge on any atom is -0.496 e. The van der Waals surface area contributed by atoms with Gasteiger partial charge in [0.05, 0.1) is 7.11 Å². The van der Waals surface area contributed by atoms with Gasteiger partial charge in [0.1, 0.15) is 17.6 Å². The van der Waals surface area contributed by atoms with E-state index in [0.717, 1.165) is 11.4 Å². The number of nitrogens with zero attached hydrogens (tertiary/aromatic N) is 2. The number of aryl methyl sites for hydroxylation is 1. The molecule has 6 heteroatoms. The highest BCUT2D eigenvalue weighted by Crippen LogP contribution is 2.30. The first-order chi connectivity index (χ1) is 8.67. The molecule has 0 aliphatic carbocycles. The van der Waals surface area contributed by atoms with E-state index in [2.05, 4.69) is 10.4 Å². The molecule has 18 heavy (non-hydrogen) atoms. The average Bonchev–Trinajstić information content (AvgIpc) is 2.77. The standard InChI is InChI=1S/C12H15ClN4O/c1-17-6-5-15-12(17)11(16-14)9-7-8(13)3-4-10(9)18-2/h3-7,11,16H,14H2,1-2H3. The molecule has 1 unspecified atom stereocenters. The van der Waals surface area contributed by atoms with Crippen molar-refractivity contribution in [1.82, 2.24) is 15.0 Å². The van der Waals surface area contributed by atoms with Gasteiger partial charge in [-0.2, -0.15) is 0 Å². The predicted molar refractivity (Wildman–Crippen MR) is 70.4 cm³/mol. The molecular weight excluding hydrogens is 252 g/mol. The van der Waals surface area contributed by atoms with Crippen molar-refractivity contribution in [3.8, 4) is 5.75 Å². The molecule has 1 atom stereocenters. The van der Waals surface area contributed by atoms with Crippen LogP contribution in [0.5, 0.6) is 5.75 Å². The molecule has 3 N–H and O–H groups in total. The van der Waals surface area contributed by atoms with Gasteiger partial charge in [0.25, 0.3) is 0 Å². The summed E-state index contributed by atoms with van der Waals surface area (Å²) in [5.41, 5.74) is 3.59. The summed E-state index contributed by atoms with van der Waals surface area (Å²) in [6.07, 6.45) is 3.58. The quantitative estimate of drug-likeness (QED) is 0.652. The predicted octanol–water partition coefficient (Wildman–Crippen LogP) is 1.63. The maximum Gasteiger partial charge on any atom is 0.131 e. The molecule has 0 aliphatic heterocycles. The minimum absolute atomic E-state index is 0.279. The second-order valence-corrected chi connectivity index (χ2v) is 4.32. The lowest BCUT2D eigenvalue weighted by Gasteiger charge is -2.19. The van der Waals surface area contributed by atoms with Gasteiger partial charge in [-0.1, -0.05) is 11.6 Å². The van der Waals surface area contributed by atoms with Crippen molar-refractivity contribution in [2.24, 2.45) is 12.9 Å². The molecular formula is C12H15ClN4O. The van der Waals surface area contributed by atoms with E-state index in [1.54, 1.807) is 19.4 Å². The third kappa shape index (κ3) is 2.33. The number of rotatable bonds is 4. The van der Waals surface area contributed by atoms with Crippen LogP contribution in [-0.2, 0) is 7.05 Å². The summed E-state index contributed by atoms with van der Waals surface area (Å²) in [4.78, 5) is 4.29. The van der Waals surface area contributed by atoms with Gasteiger partial charge in [-0.25, -0.2) is 10.4 Å². The fourth-order valence-corrected chi connectivity index (χ4v) is 2.07. The largest absolute Gasteiger partial charge is 0.496 e. The third-order valence-corrected chi connectivity index (χ3v) is 3.02. The zero-order valence-corrected chi connectivity index (χ0v) is 11.0. The summed E-state index contributed by atoms with van der Waals surface area (Å²) in [7, 11) is 3.52. The molecule has 0 radical (unpaired) electrons. The number of nitrogens with two attached hydrogens (primary N) is 1. The highest BCUT2D eigenvalue weighted by molar-refractivity contribution is 6.30. The number of halogens is 1. The Labute approximate surface area is 110 Å². The van der Waals surface area contributed by atoms with E-state index in [9.17, 15) is 0 Å². The van der Waals surface area contributed by atoms with Crippen LogP contribution in [-0.4, -0.2) is 16.7 Å². The molecule has 2 rings (SSSR count). The van der Waals surface area contributed by atoms with Crippen molar-refractivity contribution in [1.29, 1.82) is 0 Å². The normalized spacial score (nSPS) is 12.4. The van der Waals surface area contributed by atoms with Gasteiger partial charge < -0.3 is 9.30 Å². The number of ether oxygens (including phenoxy) is 1. The number of imidazole rings is 1. The average molecular weight is 267 g/mol. The molecule has 0 saturated carbocycles. The van der Waals surface area contributed by atoms with E-state index in [1.807, 2.05) is 29.9 Å². The van der Waals surface area contributed by atoms with Crippen LogP contribution in [0.15, 0.2) is 30.6 Å². The lowest BCUT2D eigenvalue weighted by atomic mass is 10.1. The molecule has 0 aliphatic rings. The second kappa shape index (κ2) is 5.39. The Morgan fingerprint density at radius 3 is 2.83 bits per heavy atom. The van der Waals surface area contributed by atoms with E-state index in [4.69, 9.17) is 22.2 Å². The highest BCUT2D eigenvalue weighted by atomic mass is 35.5. The summed E-state index contributed by atoms with van der Waals surface area (Å²) in [5, 5.41) is 0.625. The summed E-state index contributed by atoms with van der Waals surface area (Å²) in [6.45, 7) is 0. The first-order valence-electron chi connectivity index (χ1n) is 5.44. The fourth-order valence-electron chi connectivity index (χ4n) is 1.89. The van der Waals surface area contributed by atoms with Crippen LogP contribution in [0.25, 0.3) is 0 Å². The third-order valence-electron chi connectivity index (χ3n) is 2.79. The zero-order valence-electron chi connectivity index (χ0n) is 10.2. The number of hydrogen-bond donors (Lipinski definition) is 2. The van der Waals surface area contributed by atoms with Crippen molar-refractivity contribution in [2.45, 2.75) is 6.04 Å². The highest BCUT2D eigenvalue weighted by Gasteiger charge is 2.20. The van der Waals surface area contributed by atoms with E-state index < -0.39 is 0 Å². The van der Waals surface area contributed by atoms with E-state index in [0.29, 0.717) is 10.8 Å². The molecule has 1 heterocycles. The second-order valence-electron chi connectivity index (χ2n) is 3.88. The molecule has 0 amide bonds. The number of hydrogen-bond acceptors (Lipinski definition) is 4. The van der Waals surface area contributed by atoms with E-state index in [-0.39, 0.29) is 6.04 Å². The van der Waals surface area contributed by atoms with Crippen LogP contribution in [0.2, 0.25) is 5.02 Å². The Balaban J connectivity index is 2.51. The van der Waals surface area contributed by atoms with Gasteiger partial charge in [-0.05, 0) is 18.2 Å². The van der Waals surface area contributed by atoms with Crippen LogP contribution in [0, 0.1) is 0 Å². The molecule has 96 valence electrons. The number of hydrazine groups is 1. The van der Waals surface area contributed by atoms with Crippen molar-refractivity contribution in [3.05, 3.63) is 47.0 Å². The Bertz CT molecular complexity index is 541. The molecule has 2 aromatic rings. The Morgan fingerprint density at radius 1 is 1.50 bits per heavy atom. The van der Waals surface area contributed by atoms with Crippen LogP contribution < -0.4 is 16.0 Å². The SMILES string of the molecule is COc1ccc(Cl)cc1C(NN)c1nccn1C. The van der Waals surface area contributed by atoms with E-state index >= 15 is 0 Å². The minimum atomic E-state index is -0.279. The van der Waals surface area contributed by atoms with Crippen LogP contribution in [0.1, 0.15) is 17.4 Å². The summed E-state index contributed by atoms with van der Waals surface area (Å²) < 4.78 is 7.22. The van der Waals surface area contributed by atoms with Gasteiger partial charge in [0.15, 0.2) is 0 Å². The smallest absolute Gasteiger partial charge is 0.131 e. The van der Waals surface area contributed by atoms with Crippen molar-refractivity contribution in [2.75, 3.05) is 7.11 Å². The molecule has 0 spiro atoms. The monoisotopic (exact) mass is 266 g/mol. The first-order valence-corrected chi connectivity index (χ1v) is 5.82. The molecule has 5 nitrogen and oxygen atoms in total. The van der Waals surface area contributed by atoms with Crippen molar-refractivity contribution in [3.63, 3.8) is 0 Å². The summed E-state index contributed by atoms with van der Waals surface area (Å²) >= 11 is 6.02. The molecule has 0 bridgehead atoms. The Hall–Kier alpha value is -1.56. The number of aromatic nitrogens is 2. The van der Waals surface area contributed by atoms with Crippen LogP contribution in [0.4, 0.5) is 0 Å². The molecule has 1 aromatic carbocycles. The summed E-state index contributed by atoms with van der Waals surface area (Å²) in [6, 6.07) is 5.12. The number of methoxy groups -OCH3 is 1. The van der Waals surface area contributed by atoms with E-state index in [1.165, 1.54) is 0 Å². The fraction of sp³-hybridized carbons (Fsp3) is 0.250. The van der Waals surface area contributed by atoms with Crippen molar-refractivity contribution >= 4 is 11.6 Å². The number of benzene rings is 1. The van der Waals surface area contributed by atoms with Gasteiger partial charge in [0, 0.05) is 30.0 Å². The van der Waals surface area contributed by atoms with Crippen molar-refractivity contribution < 1.29 is 4.74 Å². The summed E-state index contributed by atoms with van der Waals surface area (Å²) in [5.74, 6) is 7.14. The maximum absolute atomic E-state index is 6.02. The van der Waals surface area contributed by atoms with Crippen LogP contribution in [0.3, 0.4) is 0 Å². The van der Waals surface area contributed by atoms with Gasteiger partial charge in [0.2, 0.25) is 0 Å². The molecule has 1 aromatic heterocycles. The van der Waals surface area contributed by atoms with Gasteiger partial charge in [-0.3, -0.25) is 5.84 Å². The Kier molecular flexibility index (Phi) is 3.86. The van der Waals surface area contributed by atoms with Gasteiger partial charge >= 0.3 is 0 Å². The topological polar surface area (TPSA) is 65.1 Å². The first kappa shape index (κ1) is 12.9. The number of nitrogens with one attached hydrogen (secondary N) is 1. The molecule has 0 fully saturated rings. The molecule has 0 saturated heterocycles. The van der Waals surface area contributed by atoms with Gasteiger partial charge in [-0.15, -0.1) is 0 Å². The zero-order chi connectivity index (χ0) is 13.1. The maximum atomic E-state index is 6.02. The van der Waals surface area contributed by atoms with Crippen LogP contribution >= 0.6 is 11.6 Å².